The zero-order valence-corrected chi connectivity index (χ0v) is 20.4. The van der Waals surface area contributed by atoms with E-state index in [2.05, 4.69) is 5.32 Å². The number of benzene rings is 3. The molecule has 0 saturated heterocycles. The standard InChI is InChI=1S/C25H26N2O7S/c1-27(35(29,30)20-12-13-21(31-2)24(14-20)32-3)18-10-8-17(9-11-18)25(28)26-15-19-16-33-22-6-4-5-7-23(22)34-19/h4-14,19H,15-16H2,1-3H3,(H,26,28)/t19-/m1/s1. The maximum Gasteiger partial charge on any atom is 0.264 e. The van der Waals surface area contributed by atoms with Gasteiger partial charge in [0.1, 0.15) is 12.7 Å². The van der Waals surface area contributed by atoms with Gasteiger partial charge < -0.3 is 24.3 Å². The predicted molar refractivity (Wildman–Crippen MR) is 130 cm³/mol. The van der Waals surface area contributed by atoms with Crippen molar-refractivity contribution in [1.82, 2.24) is 5.32 Å². The molecule has 1 atom stereocenters. The molecule has 1 amide bonds. The van der Waals surface area contributed by atoms with E-state index >= 15 is 0 Å². The molecular weight excluding hydrogens is 472 g/mol. The summed E-state index contributed by atoms with van der Waals surface area (Å²) in [6.45, 7) is 0.595. The average Bonchev–Trinajstić information content (AvgIpc) is 2.90. The average molecular weight is 499 g/mol. The molecule has 0 fully saturated rings. The SMILES string of the molecule is COc1ccc(S(=O)(=O)N(C)c2ccc(C(=O)NC[C@@H]3COc4ccccc4O3)cc2)cc1OC. The number of hydrogen-bond donors (Lipinski definition) is 1. The van der Waals surface area contributed by atoms with Crippen LogP contribution in [0.2, 0.25) is 0 Å². The zero-order chi connectivity index (χ0) is 25.0. The number of fused-ring (bicyclic) bond motifs is 1. The third-order valence-electron chi connectivity index (χ3n) is 5.56. The minimum atomic E-state index is -3.87. The second kappa shape index (κ2) is 10.1. The quantitative estimate of drug-likeness (QED) is 0.509. The molecule has 0 spiro atoms. The molecule has 0 unspecified atom stereocenters. The Labute approximate surface area is 204 Å². The van der Waals surface area contributed by atoms with Crippen LogP contribution in [0.4, 0.5) is 5.69 Å². The molecule has 0 radical (unpaired) electrons. The van der Waals surface area contributed by atoms with E-state index in [0.717, 1.165) is 4.31 Å². The van der Waals surface area contributed by atoms with Gasteiger partial charge in [-0.1, -0.05) is 12.1 Å². The first-order chi connectivity index (χ1) is 16.8. The summed E-state index contributed by atoms with van der Waals surface area (Å²) in [5, 5.41) is 2.83. The largest absolute Gasteiger partial charge is 0.493 e. The van der Waals surface area contributed by atoms with Crippen molar-refractivity contribution in [2.24, 2.45) is 0 Å². The van der Waals surface area contributed by atoms with Crippen LogP contribution in [-0.2, 0) is 10.0 Å². The number of hydrogen-bond acceptors (Lipinski definition) is 7. The molecule has 1 heterocycles. The lowest BCUT2D eigenvalue weighted by Gasteiger charge is -2.26. The Morgan fingerprint density at radius 1 is 1.00 bits per heavy atom. The fraction of sp³-hybridized carbons (Fsp3) is 0.240. The van der Waals surface area contributed by atoms with Gasteiger partial charge in [-0.15, -0.1) is 0 Å². The molecule has 35 heavy (non-hydrogen) atoms. The van der Waals surface area contributed by atoms with Crippen LogP contribution in [0.5, 0.6) is 23.0 Å². The second-order valence-corrected chi connectivity index (χ2v) is 9.71. The van der Waals surface area contributed by atoms with Crippen LogP contribution in [0.15, 0.2) is 71.6 Å². The minimum Gasteiger partial charge on any atom is -0.493 e. The molecule has 1 aliphatic heterocycles. The maximum atomic E-state index is 13.1. The Bertz CT molecular complexity index is 1310. The molecule has 3 aromatic carbocycles. The molecule has 10 heteroatoms. The van der Waals surface area contributed by atoms with Crippen molar-refractivity contribution in [3.63, 3.8) is 0 Å². The summed E-state index contributed by atoms with van der Waals surface area (Å²) in [4.78, 5) is 12.6. The van der Waals surface area contributed by atoms with Crippen LogP contribution in [-0.4, -0.2) is 54.8 Å². The van der Waals surface area contributed by atoms with Gasteiger partial charge in [0.2, 0.25) is 0 Å². The van der Waals surface area contributed by atoms with Crippen molar-refractivity contribution in [3.05, 3.63) is 72.3 Å². The zero-order valence-electron chi connectivity index (χ0n) is 19.6. The Morgan fingerprint density at radius 3 is 2.37 bits per heavy atom. The number of nitrogens with zero attached hydrogens (tertiary/aromatic N) is 1. The lowest BCUT2D eigenvalue weighted by molar-refractivity contribution is 0.0789. The molecule has 0 bridgehead atoms. The van der Waals surface area contributed by atoms with E-state index in [1.807, 2.05) is 24.3 Å². The van der Waals surface area contributed by atoms with Gasteiger partial charge in [-0.3, -0.25) is 9.10 Å². The van der Waals surface area contributed by atoms with Crippen molar-refractivity contribution in [3.8, 4) is 23.0 Å². The highest BCUT2D eigenvalue weighted by atomic mass is 32.2. The van der Waals surface area contributed by atoms with E-state index in [1.54, 1.807) is 24.3 Å². The van der Waals surface area contributed by atoms with Crippen LogP contribution in [0.1, 0.15) is 10.4 Å². The lowest BCUT2D eigenvalue weighted by atomic mass is 10.2. The summed E-state index contributed by atoms with van der Waals surface area (Å²) in [6, 6.07) is 18.0. The molecule has 1 aliphatic rings. The molecule has 0 aromatic heterocycles. The van der Waals surface area contributed by atoms with Crippen molar-refractivity contribution in [2.45, 2.75) is 11.0 Å². The third-order valence-corrected chi connectivity index (χ3v) is 7.35. The van der Waals surface area contributed by atoms with Gasteiger partial charge in [0.25, 0.3) is 15.9 Å². The van der Waals surface area contributed by atoms with Crippen molar-refractivity contribution in [1.29, 1.82) is 0 Å². The van der Waals surface area contributed by atoms with Gasteiger partial charge in [0.15, 0.2) is 23.0 Å². The van der Waals surface area contributed by atoms with Crippen molar-refractivity contribution in [2.75, 3.05) is 38.7 Å². The summed E-state index contributed by atoms with van der Waals surface area (Å²) < 4.78 is 49.3. The van der Waals surface area contributed by atoms with Crippen LogP contribution in [0.3, 0.4) is 0 Å². The van der Waals surface area contributed by atoms with Crippen LogP contribution in [0, 0.1) is 0 Å². The summed E-state index contributed by atoms with van der Waals surface area (Å²) in [7, 11) is 0.494. The van der Waals surface area contributed by atoms with Crippen LogP contribution in [0.25, 0.3) is 0 Å². The summed E-state index contributed by atoms with van der Waals surface area (Å²) >= 11 is 0. The summed E-state index contributed by atoms with van der Waals surface area (Å²) in [5.41, 5.74) is 0.791. The van der Waals surface area contributed by atoms with Gasteiger partial charge in [0, 0.05) is 18.7 Å². The fourth-order valence-corrected chi connectivity index (χ4v) is 4.78. The number of carbonyl (C=O) groups excluding carboxylic acids is 1. The van der Waals surface area contributed by atoms with E-state index < -0.39 is 10.0 Å². The number of methoxy groups -OCH3 is 2. The molecule has 0 saturated carbocycles. The summed E-state index contributed by atoms with van der Waals surface area (Å²) in [6.07, 6.45) is -0.314. The first kappa shape index (κ1) is 24.2. The maximum absolute atomic E-state index is 13.1. The normalized spacial score (nSPS) is 14.7. The van der Waals surface area contributed by atoms with E-state index in [0.29, 0.717) is 40.9 Å². The number of rotatable bonds is 8. The Morgan fingerprint density at radius 2 is 1.69 bits per heavy atom. The fourth-order valence-electron chi connectivity index (χ4n) is 3.57. The van der Waals surface area contributed by atoms with Gasteiger partial charge in [0.05, 0.1) is 31.3 Å². The van der Waals surface area contributed by atoms with E-state index in [9.17, 15) is 13.2 Å². The highest BCUT2D eigenvalue weighted by Crippen LogP contribution is 2.32. The number of ether oxygens (including phenoxy) is 4. The first-order valence-corrected chi connectivity index (χ1v) is 12.2. The molecule has 3 aromatic rings. The second-order valence-electron chi connectivity index (χ2n) is 7.74. The third kappa shape index (κ3) is 5.12. The van der Waals surface area contributed by atoms with Gasteiger partial charge in [-0.25, -0.2) is 8.42 Å². The lowest BCUT2D eigenvalue weighted by Crippen LogP contribution is -2.40. The molecule has 0 aliphatic carbocycles. The van der Waals surface area contributed by atoms with Crippen LogP contribution >= 0.6 is 0 Å². The van der Waals surface area contributed by atoms with Crippen molar-refractivity contribution >= 4 is 21.6 Å². The van der Waals surface area contributed by atoms with Gasteiger partial charge in [-0.05, 0) is 48.5 Å². The molecular formula is C25H26N2O7S. The number of amides is 1. The Balaban J connectivity index is 1.40. The molecule has 9 nitrogen and oxygen atoms in total. The number of anilines is 1. The number of nitrogens with one attached hydrogen (secondary N) is 1. The van der Waals surface area contributed by atoms with E-state index in [4.69, 9.17) is 18.9 Å². The highest BCUT2D eigenvalue weighted by Gasteiger charge is 2.24. The molecule has 4 rings (SSSR count). The van der Waals surface area contributed by atoms with E-state index in [1.165, 1.54) is 39.5 Å². The highest BCUT2D eigenvalue weighted by molar-refractivity contribution is 7.92. The number of carbonyl (C=O) groups is 1. The smallest absolute Gasteiger partial charge is 0.264 e. The molecule has 184 valence electrons. The number of sulfonamides is 1. The Hall–Kier alpha value is -3.92. The monoisotopic (exact) mass is 498 g/mol. The predicted octanol–water partition coefficient (Wildman–Crippen LogP) is 3.10. The topological polar surface area (TPSA) is 103 Å². The molecule has 1 N–H and O–H groups in total. The van der Waals surface area contributed by atoms with Gasteiger partial charge >= 0.3 is 0 Å². The van der Waals surface area contributed by atoms with E-state index in [-0.39, 0.29) is 23.5 Å². The first-order valence-electron chi connectivity index (χ1n) is 10.8. The van der Waals surface area contributed by atoms with Crippen LogP contribution < -0.4 is 28.6 Å². The summed E-state index contributed by atoms with van der Waals surface area (Å²) in [5.74, 6) is 1.76. The Kier molecular flexibility index (Phi) is 7.02. The minimum absolute atomic E-state index is 0.0516. The number of para-hydroxylation sites is 2. The van der Waals surface area contributed by atoms with Gasteiger partial charge in [-0.2, -0.15) is 0 Å². The van der Waals surface area contributed by atoms with Crippen molar-refractivity contribution < 1.29 is 32.2 Å².